The molecule has 0 saturated heterocycles. The molecule has 3 nitrogen and oxygen atoms in total. The van der Waals surface area contributed by atoms with E-state index in [-0.39, 0.29) is 0 Å². The van der Waals surface area contributed by atoms with Gasteiger partial charge in [-0.1, -0.05) is 6.58 Å². The Morgan fingerprint density at radius 1 is 1.70 bits per heavy atom. The molecule has 0 rings (SSSR count). The Balaban J connectivity index is 3.98. The fourth-order valence-electron chi connectivity index (χ4n) is 0.325. The molecule has 10 heavy (non-hydrogen) atoms. The van der Waals surface area contributed by atoms with Gasteiger partial charge in [0.15, 0.2) is 0 Å². The molecule has 0 heterocycles. The predicted octanol–water partition coefficient (Wildman–Crippen LogP) is 1.41. The van der Waals surface area contributed by atoms with Gasteiger partial charge in [0, 0.05) is 9.66 Å². The van der Waals surface area contributed by atoms with Crippen molar-refractivity contribution in [1.29, 1.82) is 0 Å². The van der Waals surface area contributed by atoms with Crippen molar-refractivity contribution in [3.63, 3.8) is 0 Å². The fraction of sp³-hybridized carbons (Fsp3) is 0.167. The summed E-state index contributed by atoms with van der Waals surface area (Å²) in [5, 5.41) is 3.34. The van der Waals surface area contributed by atoms with Crippen LogP contribution in [-0.4, -0.2) is 13.0 Å². The van der Waals surface area contributed by atoms with Gasteiger partial charge in [-0.05, 0) is 28.7 Å². The summed E-state index contributed by atoms with van der Waals surface area (Å²) in [4.78, 5) is 0. The Morgan fingerprint density at radius 3 is 2.60 bits per heavy atom. The van der Waals surface area contributed by atoms with E-state index in [0.29, 0.717) is 5.90 Å². The van der Waals surface area contributed by atoms with Crippen molar-refractivity contribution in [3.8, 4) is 0 Å². The summed E-state index contributed by atoms with van der Waals surface area (Å²) in [5.41, 5.74) is 0. The van der Waals surface area contributed by atoms with Crippen molar-refractivity contribution in [3.05, 3.63) is 22.3 Å². The first-order valence-electron chi connectivity index (χ1n) is 2.55. The van der Waals surface area contributed by atoms with E-state index in [4.69, 9.17) is 10.6 Å². The first kappa shape index (κ1) is 9.48. The molecule has 0 aromatic heterocycles. The maximum atomic E-state index is 4.95. The lowest BCUT2D eigenvalue weighted by molar-refractivity contribution is 0.405. The molecule has 0 aromatic rings. The fourth-order valence-corrected chi connectivity index (χ4v) is 0.505. The van der Waals surface area contributed by atoms with Crippen LogP contribution in [0.4, 0.5) is 0 Å². The van der Waals surface area contributed by atoms with Crippen LogP contribution >= 0.6 is 22.6 Å². The van der Waals surface area contributed by atoms with Gasteiger partial charge in [0.1, 0.15) is 0 Å². The van der Waals surface area contributed by atoms with Crippen LogP contribution in [0, 0.1) is 0 Å². The average Bonchev–Trinajstić information content (AvgIpc) is 1.90. The molecule has 2 N–H and O–H groups in total. The summed E-state index contributed by atoms with van der Waals surface area (Å²) in [6.45, 7) is 3.64. The van der Waals surface area contributed by atoms with Crippen LogP contribution < -0.4 is 5.84 Å². The summed E-state index contributed by atoms with van der Waals surface area (Å²) in [5.74, 6) is 5.34. The Kier molecular flexibility index (Phi) is 5.00. The van der Waals surface area contributed by atoms with Crippen molar-refractivity contribution in [2.24, 2.45) is 10.9 Å². The molecule has 0 aromatic carbocycles. The molecule has 0 amide bonds. The molecule has 0 aliphatic heterocycles. The lowest BCUT2D eigenvalue weighted by Crippen LogP contribution is -1.99. The highest BCUT2D eigenvalue weighted by Gasteiger charge is 1.87. The van der Waals surface area contributed by atoms with E-state index in [9.17, 15) is 0 Å². The van der Waals surface area contributed by atoms with Gasteiger partial charge in [0.2, 0.25) is 5.90 Å². The van der Waals surface area contributed by atoms with E-state index in [1.54, 1.807) is 12.2 Å². The molecular formula is C6H9IN2O. The van der Waals surface area contributed by atoms with Crippen LogP contribution in [0.25, 0.3) is 0 Å². The summed E-state index contributed by atoms with van der Waals surface area (Å²) < 4.78 is 5.64. The summed E-state index contributed by atoms with van der Waals surface area (Å²) in [6.07, 6.45) is 3.41. The molecule has 0 aliphatic carbocycles. The summed E-state index contributed by atoms with van der Waals surface area (Å²) >= 11 is 2.08. The SMILES string of the molecule is C=C(I)/C=C\C(=N/N)OC. The molecule has 4 heteroatoms. The van der Waals surface area contributed by atoms with Gasteiger partial charge in [-0.25, -0.2) is 0 Å². The monoisotopic (exact) mass is 252 g/mol. The Morgan fingerprint density at radius 2 is 2.30 bits per heavy atom. The predicted molar refractivity (Wildman–Crippen MR) is 50.9 cm³/mol. The molecular weight excluding hydrogens is 243 g/mol. The van der Waals surface area contributed by atoms with E-state index in [1.165, 1.54) is 7.11 Å². The third kappa shape index (κ3) is 4.37. The number of nitrogens with two attached hydrogens (primary N) is 1. The van der Waals surface area contributed by atoms with Crippen molar-refractivity contribution < 1.29 is 4.74 Å². The standard InChI is InChI=1S/C6H9IN2O/c1-5(7)3-4-6(9-8)10-2/h3-4H,1,8H2,2H3/b4-3-,9-6+. The molecule has 0 spiro atoms. The maximum Gasteiger partial charge on any atom is 0.230 e. The van der Waals surface area contributed by atoms with E-state index >= 15 is 0 Å². The minimum Gasteiger partial charge on any atom is -0.480 e. The topological polar surface area (TPSA) is 47.6 Å². The van der Waals surface area contributed by atoms with Crippen molar-refractivity contribution in [2.75, 3.05) is 7.11 Å². The quantitative estimate of drug-likeness (QED) is 0.202. The zero-order valence-corrected chi connectivity index (χ0v) is 7.83. The number of ether oxygens (including phenoxy) is 1. The molecule has 0 atom stereocenters. The number of nitrogens with zero attached hydrogens (tertiary/aromatic N) is 1. The third-order valence-electron chi connectivity index (χ3n) is 0.743. The van der Waals surface area contributed by atoms with Gasteiger partial charge in [0.25, 0.3) is 0 Å². The van der Waals surface area contributed by atoms with Gasteiger partial charge in [-0.2, -0.15) is 0 Å². The molecule has 0 aliphatic rings. The number of methoxy groups -OCH3 is 1. The van der Waals surface area contributed by atoms with Crippen LogP contribution in [0.15, 0.2) is 27.4 Å². The number of rotatable bonds is 2. The normalized spacial score (nSPS) is 12.0. The molecule has 56 valence electrons. The number of hydrazone groups is 1. The first-order valence-corrected chi connectivity index (χ1v) is 3.63. The van der Waals surface area contributed by atoms with Crippen LogP contribution in [0.3, 0.4) is 0 Å². The van der Waals surface area contributed by atoms with Gasteiger partial charge in [0.05, 0.1) is 7.11 Å². The van der Waals surface area contributed by atoms with Crippen LogP contribution in [0.1, 0.15) is 0 Å². The van der Waals surface area contributed by atoms with Crippen molar-refractivity contribution in [2.45, 2.75) is 0 Å². The van der Waals surface area contributed by atoms with Gasteiger partial charge >= 0.3 is 0 Å². The van der Waals surface area contributed by atoms with E-state index in [1.807, 2.05) is 0 Å². The number of halogens is 1. The van der Waals surface area contributed by atoms with Crippen LogP contribution in [0.2, 0.25) is 0 Å². The highest BCUT2D eigenvalue weighted by atomic mass is 127. The summed E-state index contributed by atoms with van der Waals surface area (Å²) in [7, 11) is 1.51. The summed E-state index contributed by atoms with van der Waals surface area (Å²) in [6, 6.07) is 0. The number of hydrogen-bond donors (Lipinski definition) is 1. The van der Waals surface area contributed by atoms with Crippen molar-refractivity contribution >= 4 is 28.5 Å². The number of allylic oxidation sites excluding steroid dienone is 2. The minimum absolute atomic E-state index is 0.387. The Labute approximate surface area is 73.8 Å². The number of hydrogen-bond acceptors (Lipinski definition) is 3. The van der Waals surface area contributed by atoms with Crippen LogP contribution in [0.5, 0.6) is 0 Å². The molecule has 0 radical (unpaired) electrons. The Hall–Kier alpha value is -0.520. The lowest BCUT2D eigenvalue weighted by atomic mass is 10.5. The largest absolute Gasteiger partial charge is 0.480 e. The van der Waals surface area contributed by atoms with Crippen LogP contribution in [-0.2, 0) is 4.74 Å². The first-order chi connectivity index (χ1) is 4.70. The second-order valence-corrected chi connectivity index (χ2v) is 2.84. The van der Waals surface area contributed by atoms with Gasteiger partial charge < -0.3 is 10.6 Å². The van der Waals surface area contributed by atoms with Gasteiger partial charge in [-0.3, -0.25) is 0 Å². The highest BCUT2D eigenvalue weighted by molar-refractivity contribution is 14.1. The molecule has 0 fully saturated rings. The third-order valence-corrected chi connectivity index (χ3v) is 1.10. The Bertz CT molecular complexity index is 175. The zero-order valence-electron chi connectivity index (χ0n) is 5.67. The van der Waals surface area contributed by atoms with E-state index in [0.717, 1.165) is 3.58 Å². The minimum atomic E-state index is 0.387. The van der Waals surface area contributed by atoms with Crippen molar-refractivity contribution in [1.82, 2.24) is 0 Å². The molecule has 0 unspecified atom stereocenters. The lowest BCUT2D eigenvalue weighted by Gasteiger charge is -1.93. The van der Waals surface area contributed by atoms with Gasteiger partial charge in [-0.15, -0.1) is 5.10 Å². The molecule has 0 bridgehead atoms. The maximum absolute atomic E-state index is 4.95. The molecule has 0 saturated carbocycles. The second-order valence-electron chi connectivity index (χ2n) is 1.45. The average molecular weight is 252 g/mol. The zero-order chi connectivity index (χ0) is 7.98. The second kappa shape index (κ2) is 5.28. The van der Waals surface area contributed by atoms with E-state index < -0.39 is 0 Å². The highest BCUT2D eigenvalue weighted by Crippen LogP contribution is 2.02. The van der Waals surface area contributed by atoms with E-state index in [2.05, 4.69) is 34.3 Å². The smallest absolute Gasteiger partial charge is 0.230 e.